The molecule has 0 bridgehead atoms. The number of aromatic nitrogens is 3. The number of nitrogens with zero attached hydrogens (tertiary/aromatic N) is 3. The van der Waals surface area contributed by atoms with Gasteiger partial charge in [-0.3, -0.25) is 14.5 Å². The Bertz CT molecular complexity index is 619. The highest BCUT2D eigenvalue weighted by Gasteiger charge is 2.17. The summed E-state index contributed by atoms with van der Waals surface area (Å²) >= 11 is 0. The predicted molar refractivity (Wildman–Crippen MR) is 88.3 cm³/mol. The molecule has 1 fully saturated rings. The van der Waals surface area contributed by atoms with Gasteiger partial charge in [-0.2, -0.15) is 5.10 Å². The third-order valence-electron chi connectivity index (χ3n) is 4.11. The number of carbonyl (C=O) groups is 1. The number of aryl methyl sites for hydroxylation is 1. The van der Waals surface area contributed by atoms with Gasteiger partial charge in [-0.1, -0.05) is 6.07 Å². The van der Waals surface area contributed by atoms with E-state index in [1.807, 2.05) is 29.1 Å². The Balaban J connectivity index is 1.44. The Morgan fingerprint density at radius 3 is 3.13 bits per heavy atom. The first-order valence-electron chi connectivity index (χ1n) is 8.27. The van der Waals surface area contributed by atoms with Gasteiger partial charge < -0.3 is 10.6 Å². The zero-order valence-electron chi connectivity index (χ0n) is 13.2. The molecule has 0 saturated carbocycles. The van der Waals surface area contributed by atoms with E-state index in [1.165, 1.54) is 0 Å². The van der Waals surface area contributed by atoms with Crippen molar-refractivity contribution in [1.82, 2.24) is 25.4 Å². The number of rotatable bonds is 6. The van der Waals surface area contributed by atoms with Crippen molar-refractivity contribution in [2.45, 2.75) is 31.7 Å². The summed E-state index contributed by atoms with van der Waals surface area (Å²) in [6.45, 7) is 2.63. The molecule has 0 spiro atoms. The van der Waals surface area contributed by atoms with Crippen molar-refractivity contribution in [3.05, 3.63) is 48.0 Å². The number of hydrogen-bond donors (Lipinski definition) is 2. The summed E-state index contributed by atoms with van der Waals surface area (Å²) in [7, 11) is 0. The third-order valence-corrected chi connectivity index (χ3v) is 4.11. The maximum absolute atomic E-state index is 12.1. The highest BCUT2D eigenvalue weighted by Crippen LogP contribution is 2.15. The highest BCUT2D eigenvalue weighted by molar-refractivity contribution is 5.92. The predicted octanol–water partition coefficient (Wildman–Crippen LogP) is 1.57. The van der Waals surface area contributed by atoms with Gasteiger partial charge in [0.05, 0.1) is 6.04 Å². The minimum atomic E-state index is -0.103. The lowest BCUT2D eigenvalue weighted by Crippen LogP contribution is -2.32. The molecule has 3 rings (SSSR count). The Morgan fingerprint density at radius 2 is 2.35 bits per heavy atom. The number of piperidine rings is 1. The van der Waals surface area contributed by atoms with Gasteiger partial charge in [0.2, 0.25) is 0 Å². The van der Waals surface area contributed by atoms with Crippen molar-refractivity contribution in [1.29, 1.82) is 0 Å². The van der Waals surface area contributed by atoms with Gasteiger partial charge in [0.25, 0.3) is 5.91 Å². The van der Waals surface area contributed by atoms with E-state index >= 15 is 0 Å². The summed E-state index contributed by atoms with van der Waals surface area (Å²) < 4.78 is 1.91. The fourth-order valence-electron chi connectivity index (χ4n) is 2.83. The Morgan fingerprint density at radius 1 is 1.39 bits per heavy atom. The van der Waals surface area contributed by atoms with E-state index in [1.54, 1.807) is 12.3 Å². The summed E-state index contributed by atoms with van der Waals surface area (Å²) in [6, 6.07) is 8.04. The molecule has 2 N–H and O–H groups in total. The Kier molecular flexibility index (Phi) is 5.37. The van der Waals surface area contributed by atoms with E-state index in [-0.39, 0.29) is 5.91 Å². The van der Waals surface area contributed by atoms with Crippen LogP contribution in [0.3, 0.4) is 0 Å². The molecular formula is C17H23N5O. The lowest BCUT2D eigenvalue weighted by molar-refractivity contribution is 0.0947. The molecule has 6 nitrogen and oxygen atoms in total. The smallest absolute Gasteiger partial charge is 0.271 e. The van der Waals surface area contributed by atoms with Gasteiger partial charge in [0.1, 0.15) is 5.69 Å². The van der Waals surface area contributed by atoms with Gasteiger partial charge in [0, 0.05) is 31.2 Å². The largest absolute Gasteiger partial charge is 0.351 e. The zero-order valence-corrected chi connectivity index (χ0v) is 13.2. The lowest BCUT2D eigenvalue weighted by Gasteiger charge is -2.22. The first kappa shape index (κ1) is 15.7. The van der Waals surface area contributed by atoms with Crippen molar-refractivity contribution >= 4 is 5.91 Å². The van der Waals surface area contributed by atoms with Crippen LogP contribution in [0.4, 0.5) is 0 Å². The maximum atomic E-state index is 12.1. The molecule has 3 heterocycles. The van der Waals surface area contributed by atoms with E-state index in [4.69, 9.17) is 0 Å². The number of hydrogen-bond acceptors (Lipinski definition) is 4. The normalized spacial score (nSPS) is 17.8. The van der Waals surface area contributed by atoms with Crippen LogP contribution >= 0.6 is 0 Å². The van der Waals surface area contributed by atoms with Crippen LogP contribution in [-0.4, -0.2) is 40.3 Å². The van der Waals surface area contributed by atoms with Gasteiger partial charge in [-0.05, 0) is 50.4 Å². The van der Waals surface area contributed by atoms with Gasteiger partial charge in [-0.25, -0.2) is 0 Å². The summed E-state index contributed by atoms with van der Waals surface area (Å²) in [4.78, 5) is 16.4. The molecule has 0 aliphatic carbocycles. The minimum Gasteiger partial charge on any atom is -0.351 e. The van der Waals surface area contributed by atoms with E-state index in [0.717, 1.165) is 44.5 Å². The van der Waals surface area contributed by atoms with Crippen LogP contribution in [0.15, 0.2) is 36.7 Å². The van der Waals surface area contributed by atoms with Crippen molar-refractivity contribution in [2.75, 3.05) is 19.6 Å². The molecule has 1 unspecified atom stereocenters. The molecule has 1 saturated heterocycles. The Labute approximate surface area is 136 Å². The van der Waals surface area contributed by atoms with Gasteiger partial charge >= 0.3 is 0 Å². The zero-order chi connectivity index (χ0) is 15.9. The van der Waals surface area contributed by atoms with E-state index < -0.39 is 0 Å². The maximum Gasteiger partial charge on any atom is 0.271 e. The van der Waals surface area contributed by atoms with Crippen LogP contribution in [0.1, 0.15) is 41.5 Å². The number of carbonyl (C=O) groups excluding carboxylic acids is 1. The van der Waals surface area contributed by atoms with Crippen molar-refractivity contribution in [3.63, 3.8) is 0 Å². The van der Waals surface area contributed by atoms with Crippen LogP contribution in [0.5, 0.6) is 0 Å². The molecular weight excluding hydrogens is 290 g/mol. The summed E-state index contributed by atoms with van der Waals surface area (Å²) in [6.07, 6.45) is 7.69. The van der Waals surface area contributed by atoms with E-state index in [9.17, 15) is 4.79 Å². The molecule has 1 amide bonds. The Hall–Kier alpha value is -2.21. The number of amides is 1. The quantitative estimate of drug-likeness (QED) is 0.794. The lowest BCUT2D eigenvalue weighted by atomic mass is 10.1. The third kappa shape index (κ3) is 4.39. The topological polar surface area (TPSA) is 71.8 Å². The van der Waals surface area contributed by atoms with Crippen LogP contribution in [-0.2, 0) is 6.42 Å². The van der Waals surface area contributed by atoms with Crippen LogP contribution in [0, 0.1) is 0 Å². The summed E-state index contributed by atoms with van der Waals surface area (Å²) in [5.41, 5.74) is 1.55. The van der Waals surface area contributed by atoms with Crippen LogP contribution in [0.25, 0.3) is 0 Å². The number of nitrogens with one attached hydrogen (secondary N) is 2. The van der Waals surface area contributed by atoms with Gasteiger partial charge in [0.15, 0.2) is 0 Å². The molecule has 0 aromatic carbocycles. The van der Waals surface area contributed by atoms with E-state index in [2.05, 4.69) is 20.7 Å². The first-order chi connectivity index (χ1) is 11.3. The monoisotopic (exact) mass is 313 g/mol. The van der Waals surface area contributed by atoms with Gasteiger partial charge in [-0.15, -0.1) is 0 Å². The molecule has 1 aliphatic rings. The van der Waals surface area contributed by atoms with Crippen LogP contribution in [0.2, 0.25) is 0 Å². The average molecular weight is 313 g/mol. The molecule has 2 aromatic heterocycles. The molecule has 2 aromatic rings. The second kappa shape index (κ2) is 7.87. The number of pyridine rings is 1. The van der Waals surface area contributed by atoms with Crippen molar-refractivity contribution in [2.24, 2.45) is 0 Å². The van der Waals surface area contributed by atoms with Crippen molar-refractivity contribution < 1.29 is 4.79 Å². The molecule has 1 aliphatic heterocycles. The van der Waals surface area contributed by atoms with E-state index in [0.29, 0.717) is 18.3 Å². The fourth-order valence-corrected chi connectivity index (χ4v) is 2.83. The molecule has 122 valence electrons. The molecule has 0 radical (unpaired) electrons. The molecule has 1 atom stereocenters. The van der Waals surface area contributed by atoms with Crippen molar-refractivity contribution in [3.8, 4) is 0 Å². The average Bonchev–Trinajstić information content (AvgIpc) is 3.10. The first-order valence-corrected chi connectivity index (χ1v) is 8.27. The SMILES string of the molecule is O=C(NCCCc1ccccn1)c1ccn(C2CCCNC2)n1. The van der Waals surface area contributed by atoms with Crippen LogP contribution < -0.4 is 10.6 Å². The molecule has 23 heavy (non-hydrogen) atoms. The summed E-state index contributed by atoms with van der Waals surface area (Å²) in [5.74, 6) is -0.103. The summed E-state index contributed by atoms with van der Waals surface area (Å²) in [5, 5.41) is 10.7. The molecule has 6 heteroatoms. The second-order valence-corrected chi connectivity index (χ2v) is 5.86. The fraction of sp³-hybridized carbons (Fsp3) is 0.471. The second-order valence-electron chi connectivity index (χ2n) is 5.86. The standard InChI is InChI=1S/C17H23N5O/c23-17(20-11-3-6-14-5-1-2-10-19-14)16-8-12-22(21-16)15-7-4-9-18-13-15/h1-2,5,8,10,12,15,18H,3-4,6-7,9,11,13H2,(H,20,23). The highest BCUT2D eigenvalue weighted by atomic mass is 16.1. The minimum absolute atomic E-state index is 0.103.